The molecule has 49 heavy (non-hydrogen) atoms. The summed E-state index contributed by atoms with van der Waals surface area (Å²) >= 11 is 0. The second-order valence-corrected chi connectivity index (χ2v) is 12.6. The van der Waals surface area contributed by atoms with Crippen molar-refractivity contribution < 1.29 is 33.5 Å². The minimum absolute atomic E-state index is 0.0285. The first kappa shape index (κ1) is 33.3. The van der Waals surface area contributed by atoms with Crippen molar-refractivity contribution in [3.05, 3.63) is 179 Å². The smallest absolute Gasteiger partial charge is 0.234 e. The van der Waals surface area contributed by atoms with Gasteiger partial charge in [-0.2, -0.15) is 0 Å². The van der Waals surface area contributed by atoms with Crippen molar-refractivity contribution in [3.8, 4) is 0 Å². The summed E-state index contributed by atoms with van der Waals surface area (Å²) in [6.45, 7) is 1.43. The molecule has 1 spiro atoms. The third-order valence-electron chi connectivity index (χ3n) is 9.25. The average Bonchev–Trinajstić information content (AvgIpc) is 3.17. The summed E-state index contributed by atoms with van der Waals surface area (Å²) in [7, 11) is 0. The van der Waals surface area contributed by atoms with E-state index in [9.17, 15) is 5.11 Å². The Morgan fingerprint density at radius 3 is 1.43 bits per heavy atom. The van der Waals surface area contributed by atoms with Crippen LogP contribution >= 0.6 is 0 Å². The van der Waals surface area contributed by atoms with E-state index >= 15 is 0 Å². The van der Waals surface area contributed by atoms with Gasteiger partial charge in [0, 0.05) is 0 Å². The molecule has 2 saturated heterocycles. The van der Waals surface area contributed by atoms with Gasteiger partial charge >= 0.3 is 0 Å². The van der Waals surface area contributed by atoms with E-state index in [-0.39, 0.29) is 19.8 Å². The number of rotatable bonds is 14. The van der Waals surface area contributed by atoms with Gasteiger partial charge < -0.3 is 33.5 Å². The molecule has 2 heterocycles. The predicted octanol–water partition coefficient (Wildman–Crippen LogP) is 6.97. The summed E-state index contributed by atoms with van der Waals surface area (Å²) in [5.41, 5.74) is 3.15. The first-order valence-corrected chi connectivity index (χ1v) is 16.8. The van der Waals surface area contributed by atoms with Gasteiger partial charge in [0.2, 0.25) is 5.79 Å². The molecule has 0 saturated carbocycles. The van der Waals surface area contributed by atoms with Crippen molar-refractivity contribution in [2.24, 2.45) is 0 Å². The topological polar surface area (TPSA) is 75.6 Å². The summed E-state index contributed by atoms with van der Waals surface area (Å²) in [4.78, 5) is 0. The zero-order valence-corrected chi connectivity index (χ0v) is 27.4. The highest BCUT2D eigenvalue weighted by molar-refractivity contribution is 5.31. The van der Waals surface area contributed by atoms with Crippen LogP contribution in [0.5, 0.6) is 0 Å². The molecular weight excluding hydrogens is 616 g/mol. The fourth-order valence-electron chi connectivity index (χ4n) is 6.64. The molecule has 1 N–H and O–H groups in total. The van der Waals surface area contributed by atoms with Crippen LogP contribution in [-0.2, 0) is 60.4 Å². The number of hydrogen-bond acceptors (Lipinski definition) is 7. The fourth-order valence-corrected chi connectivity index (χ4v) is 6.64. The highest BCUT2D eigenvalue weighted by atomic mass is 16.8. The van der Waals surface area contributed by atoms with Crippen molar-refractivity contribution in [1.82, 2.24) is 0 Å². The molecule has 5 aromatic carbocycles. The first-order valence-electron chi connectivity index (χ1n) is 16.8. The Labute approximate surface area is 288 Å². The molecular formula is C42H42O7. The Morgan fingerprint density at radius 1 is 0.531 bits per heavy atom. The van der Waals surface area contributed by atoms with Crippen molar-refractivity contribution in [1.29, 1.82) is 0 Å². The maximum atomic E-state index is 12.6. The second-order valence-electron chi connectivity index (χ2n) is 12.6. The van der Waals surface area contributed by atoms with Crippen LogP contribution in [0.15, 0.2) is 152 Å². The van der Waals surface area contributed by atoms with E-state index in [4.69, 9.17) is 28.4 Å². The summed E-state index contributed by atoms with van der Waals surface area (Å²) in [6.07, 6.45) is -2.93. The van der Waals surface area contributed by atoms with Crippen LogP contribution in [0.2, 0.25) is 0 Å². The van der Waals surface area contributed by atoms with Crippen LogP contribution < -0.4 is 0 Å². The van der Waals surface area contributed by atoms with Crippen molar-refractivity contribution >= 4 is 0 Å². The molecule has 3 unspecified atom stereocenters. The SMILES string of the molecule is O[C@]1(c2ccccc2)CO[C@@]12OC(COCc1ccccc1)[C@@H](OCc1ccccc1)C(OCc1ccccc1)C2OCc1ccccc1. The molecule has 5 aromatic rings. The second kappa shape index (κ2) is 15.6. The molecule has 2 aliphatic rings. The average molecular weight is 659 g/mol. The van der Waals surface area contributed by atoms with E-state index in [0.29, 0.717) is 25.4 Å². The van der Waals surface area contributed by atoms with Crippen molar-refractivity contribution in [2.75, 3.05) is 13.2 Å². The van der Waals surface area contributed by atoms with Gasteiger partial charge in [-0.3, -0.25) is 0 Å². The lowest BCUT2D eigenvalue weighted by Crippen LogP contribution is -2.80. The third kappa shape index (κ3) is 7.39. The van der Waals surface area contributed by atoms with Gasteiger partial charge in [-0.1, -0.05) is 152 Å². The Kier molecular flexibility index (Phi) is 10.6. The molecule has 0 aromatic heterocycles. The minimum atomic E-state index is -1.61. The standard InChI is InChI=1S/C42H42O7/c43-41(36-24-14-5-15-25-36)31-48-42(41)40(47-29-35-22-12-4-13-23-35)39(46-28-34-20-10-3-11-21-34)38(45-27-33-18-8-2-9-19-33)37(49-42)30-44-26-32-16-6-1-7-17-32/h1-25,37-40,43H,26-31H2/t37?,38-,39?,40?,41+,42+/m1/s1. The molecule has 7 heteroatoms. The van der Waals surface area contributed by atoms with Crippen LogP contribution in [0.3, 0.4) is 0 Å². The van der Waals surface area contributed by atoms with Gasteiger partial charge in [-0.25, -0.2) is 0 Å². The summed E-state index contributed by atoms with van der Waals surface area (Å²) in [5.74, 6) is -1.61. The molecule has 2 fully saturated rings. The molecule has 6 atom stereocenters. The van der Waals surface area contributed by atoms with Crippen LogP contribution in [0.4, 0.5) is 0 Å². The van der Waals surface area contributed by atoms with Gasteiger partial charge in [0.05, 0.1) is 39.6 Å². The van der Waals surface area contributed by atoms with Gasteiger partial charge in [-0.15, -0.1) is 0 Å². The lowest BCUT2D eigenvalue weighted by atomic mass is 9.73. The maximum absolute atomic E-state index is 12.6. The van der Waals surface area contributed by atoms with E-state index in [1.165, 1.54) is 0 Å². The summed E-state index contributed by atoms with van der Waals surface area (Å²) in [6, 6.07) is 49.4. The van der Waals surface area contributed by atoms with Crippen LogP contribution in [0, 0.1) is 0 Å². The van der Waals surface area contributed by atoms with Crippen molar-refractivity contribution in [3.63, 3.8) is 0 Å². The molecule has 252 valence electrons. The normalized spacial score (nSPS) is 26.3. The zero-order chi connectivity index (χ0) is 33.4. The summed E-state index contributed by atoms with van der Waals surface area (Å²) in [5, 5.41) is 12.6. The number of aliphatic hydroxyl groups is 1. The molecule has 0 bridgehead atoms. The maximum Gasteiger partial charge on any atom is 0.234 e. The summed E-state index contributed by atoms with van der Waals surface area (Å²) < 4.78 is 40.1. The van der Waals surface area contributed by atoms with Crippen molar-refractivity contribution in [2.45, 2.75) is 62.2 Å². The molecule has 7 nitrogen and oxygen atoms in total. The monoisotopic (exact) mass is 658 g/mol. The van der Waals surface area contributed by atoms with E-state index in [1.807, 2.05) is 152 Å². The zero-order valence-electron chi connectivity index (χ0n) is 27.4. The number of hydrogen-bond donors (Lipinski definition) is 1. The Hall–Kier alpha value is -4.18. The molecule has 7 rings (SSSR count). The first-order chi connectivity index (χ1) is 24.1. The molecule has 2 aliphatic heterocycles. The Balaban J connectivity index is 1.27. The molecule has 0 amide bonds. The third-order valence-corrected chi connectivity index (χ3v) is 9.25. The van der Waals surface area contributed by atoms with E-state index in [0.717, 1.165) is 22.3 Å². The van der Waals surface area contributed by atoms with E-state index < -0.39 is 35.8 Å². The van der Waals surface area contributed by atoms with Gasteiger partial charge in [-0.05, 0) is 27.8 Å². The minimum Gasteiger partial charge on any atom is -0.377 e. The van der Waals surface area contributed by atoms with E-state index in [2.05, 4.69) is 0 Å². The Morgan fingerprint density at radius 2 is 0.959 bits per heavy atom. The highest BCUT2D eigenvalue weighted by Crippen LogP contribution is 2.54. The number of ether oxygens (including phenoxy) is 6. The molecule has 0 radical (unpaired) electrons. The predicted molar refractivity (Wildman–Crippen MR) is 185 cm³/mol. The highest BCUT2D eigenvalue weighted by Gasteiger charge is 2.73. The lowest BCUT2D eigenvalue weighted by molar-refractivity contribution is -0.491. The quantitative estimate of drug-likeness (QED) is 0.138. The Bertz CT molecular complexity index is 1710. The fraction of sp³-hybridized carbons (Fsp3) is 0.286. The molecule has 0 aliphatic carbocycles. The van der Waals surface area contributed by atoms with Crippen LogP contribution in [-0.4, -0.2) is 48.5 Å². The van der Waals surface area contributed by atoms with Crippen LogP contribution in [0.1, 0.15) is 27.8 Å². The lowest BCUT2D eigenvalue weighted by Gasteiger charge is -2.63. The van der Waals surface area contributed by atoms with Crippen LogP contribution in [0.25, 0.3) is 0 Å². The largest absolute Gasteiger partial charge is 0.377 e. The van der Waals surface area contributed by atoms with Gasteiger partial charge in [0.15, 0.2) is 5.60 Å². The van der Waals surface area contributed by atoms with E-state index in [1.54, 1.807) is 0 Å². The number of benzene rings is 5. The van der Waals surface area contributed by atoms with Gasteiger partial charge in [0.1, 0.15) is 24.4 Å². The van der Waals surface area contributed by atoms with Gasteiger partial charge in [0.25, 0.3) is 0 Å².